The van der Waals surface area contributed by atoms with Crippen LogP contribution in [0.25, 0.3) is 0 Å². The third-order valence-electron chi connectivity index (χ3n) is 6.91. The number of sulfonamides is 1. The van der Waals surface area contributed by atoms with Crippen molar-refractivity contribution in [2.24, 2.45) is 0 Å². The molecule has 0 spiro atoms. The van der Waals surface area contributed by atoms with Crippen LogP contribution in [-0.4, -0.2) is 57.5 Å². The summed E-state index contributed by atoms with van der Waals surface area (Å²) in [7, 11) is -7.25. The molecule has 10 heteroatoms. The van der Waals surface area contributed by atoms with Crippen molar-refractivity contribution in [2.75, 3.05) is 29.3 Å². The Hall–Kier alpha value is -2.90. The average molecular weight is 516 g/mol. The second kappa shape index (κ2) is 9.99. The van der Waals surface area contributed by atoms with Gasteiger partial charge in [-0.2, -0.15) is 5.26 Å². The highest BCUT2D eigenvalue weighted by molar-refractivity contribution is 7.97. The van der Waals surface area contributed by atoms with Crippen molar-refractivity contribution in [3.05, 3.63) is 64.7 Å². The molecule has 1 unspecified atom stereocenters. The number of hydrogen-bond donors (Lipinski definition) is 1. The molecule has 2 fully saturated rings. The Labute approximate surface area is 206 Å². The van der Waals surface area contributed by atoms with Crippen molar-refractivity contribution >= 4 is 31.5 Å². The van der Waals surface area contributed by atoms with Crippen LogP contribution in [0.2, 0.25) is 0 Å². The van der Waals surface area contributed by atoms with Gasteiger partial charge in [0.1, 0.15) is 0 Å². The highest BCUT2D eigenvalue weighted by Crippen LogP contribution is 2.30. The lowest BCUT2D eigenvalue weighted by molar-refractivity contribution is 0.0713. The number of rotatable bonds is 6. The number of benzene rings is 2. The number of aryl methyl sites for hydroxylation is 1. The Morgan fingerprint density at radius 3 is 2.37 bits per heavy atom. The summed E-state index contributed by atoms with van der Waals surface area (Å²) in [6.45, 7) is 3.06. The van der Waals surface area contributed by atoms with Gasteiger partial charge in [0.05, 0.1) is 34.1 Å². The van der Waals surface area contributed by atoms with E-state index in [1.165, 1.54) is 0 Å². The van der Waals surface area contributed by atoms with E-state index in [2.05, 4.69) is 10.8 Å². The van der Waals surface area contributed by atoms with E-state index in [0.717, 1.165) is 24.0 Å². The molecule has 2 aliphatic rings. The van der Waals surface area contributed by atoms with Crippen LogP contribution in [0.3, 0.4) is 0 Å². The van der Waals surface area contributed by atoms with Crippen LogP contribution in [0.15, 0.2) is 42.5 Å². The van der Waals surface area contributed by atoms with Crippen LogP contribution in [0.4, 0.5) is 5.69 Å². The fraction of sp³-hybridized carbons (Fsp3) is 0.440. The van der Waals surface area contributed by atoms with E-state index in [0.29, 0.717) is 42.2 Å². The van der Waals surface area contributed by atoms with Crippen LogP contribution < -0.4 is 4.72 Å². The molecule has 186 valence electrons. The summed E-state index contributed by atoms with van der Waals surface area (Å²) in [5, 5.41) is 7.99. The molecule has 1 amide bonds. The lowest BCUT2D eigenvalue weighted by Gasteiger charge is -2.32. The van der Waals surface area contributed by atoms with Gasteiger partial charge in [0, 0.05) is 18.7 Å². The van der Waals surface area contributed by atoms with Crippen molar-refractivity contribution < 1.29 is 21.6 Å². The minimum atomic E-state index is -3.90. The molecule has 4 rings (SSSR count). The normalized spacial score (nSPS) is 20.3. The minimum absolute atomic E-state index is 0.0753. The van der Waals surface area contributed by atoms with Crippen LogP contribution in [-0.2, 0) is 26.3 Å². The fourth-order valence-corrected chi connectivity index (χ4v) is 8.91. The van der Waals surface area contributed by atoms with E-state index >= 15 is 0 Å². The van der Waals surface area contributed by atoms with Gasteiger partial charge in [0.15, 0.2) is 9.84 Å². The molecule has 1 atom stereocenters. The van der Waals surface area contributed by atoms with Crippen molar-refractivity contribution in [1.29, 1.82) is 5.26 Å². The maximum atomic E-state index is 13.2. The fourth-order valence-electron chi connectivity index (χ4n) is 4.78. The summed E-state index contributed by atoms with van der Waals surface area (Å²) in [6, 6.07) is 14.7. The SMILES string of the molecule is CCc1ccc(C(=O)N2CCC(c3ccc(C#N)cc3)CC2)cc1NS(=O)(=O)C1CCS(=O)(=O)C1. The number of nitriles is 1. The smallest absolute Gasteiger partial charge is 0.253 e. The Morgan fingerprint density at radius 1 is 1.11 bits per heavy atom. The second-order valence-electron chi connectivity index (χ2n) is 9.20. The Kier molecular flexibility index (Phi) is 7.20. The first-order chi connectivity index (χ1) is 16.6. The first-order valence-electron chi connectivity index (χ1n) is 11.8. The van der Waals surface area contributed by atoms with Gasteiger partial charge in [-0.3, -0.25) is 9.52 Å². The monoisotopic (exact) mass is 515 g/mol. The van der Waals surface area contributed by atoms with Gasteiger partial charge in [-0.1, -0.05) is 25.1 Å². The van der Waals surface area contributed by atoms with Crippen LogP contribution in [0.1, 0.15) is 59.2 Å². The summed E-state index contributed by atoms with van der Waals surface area (Å²) in [5.41, 5.74) is 3.25. The summed E-state index contributed by atoms with van der Waals surface area (Å²) >= 11 is 0. The van der Waals surface area contributed by atoms with Crippen molar-refractivity contribution in [2.45, 2.75) is 43.8 Å². The molecule has 0 radical (unpaired) electrons. The number of carbonyl (C=O) groups is 1. The predicted octanol–water partition coefficient (Wildman–Crippen LogP) is 3.07. The zero-order chi connectivity index (χ0) is 25.2. The molecule has 8 nitrogen and oxygen atoms in total. The molecule has 2 saturated heterocycles. The van der Waals surface area contributed by atoms with Gasteiger partial charge in [-0.15, -0.1) is 0 Å². The average Bonchev–Trinajstić information content (AvgIpc) is 3.24. The van der Waals surface area contributed by atoms with E-state index in [1.807, 2.05) is 31.2 Å². The third kappa shape index (κ3) is 5.68. The number of nitrogens with zero attached hydrogens (tertiary/aromatic N) is 2. The first-order valence-corrected chi connectivity index (χ1v) is 15.1. The topological polar surface area (TPSA) is 124 Å². The number of amides is 1. The zero-order valence-corrected chi connectivity index (χ0v) is 21.2. The highest BCUT2D eigenvalue weighted by atomic mass is 32.2. The number of sulfone groups is 1. The maximum Gasteiger partial charge on any atom is 0.253 e. The Morgan fingerprint density at radius 2 is 1.80 bits per heavy atom. The van der Waals surface area contributed by atoms with Gasteiger partial charge in [-0.25, -0.2) is 16.8 Å². The van der Waals surface area contributed by atoms with Gasteiger partial charge >= 0.3 is 0 Å². The van der Waals surface area contributed by atoms with Gasteiger partial charge in [0.2, 0.25) is 10.0 Å². The van der Waals surface area contributed by atoms with E-state index in [9.17, 15) is 21.6 Å². The number of carbonyl (C=O) groups excluding carboxylic acids is 1. The van der Waals surface area contributed by atoms with Crippen molar-refractivity contribution in [3.63, 3.8) is 0 Å². The molecule has 0 saturated carbocycles. The van der Waals surface area contributed by atoms with Crippen molar-refractivity contribution in [1.82, 2.24) is 4.90 Å². The molecule has 0 aliphatic carbocycles. The number of hydrogen-bond acceptors (Lipinski definition) is 6. The van der Waals surface area contributed by atoms with Gasteiger partial charge in [-0.05, 0) is 67.0 Å². The Bertz CT molecular complexity index is 1350. The standard InChI is InChI=1S/C25H29N3O5S2/c1-2-19-7-8-22(15-24(19)27-35(32,33)23-11-14-34(30,31)17-23)25(29)28-12-9-21(10-13-28)20-5-3-18(16-26)4-6-20/h3-8,15,21,23,27H,2,9-14,17H2,1H3. The molecule has 2 heterocycles. The maximum absolute atomic E-state index is 13.2. The van der Waals surface area contributed by atoms with Gasteiger partial charge < -0.3 is 4.90 Å². The third-order valence-corrected chi connectivity index (χ3v) is 10.7. The molecule has 2 aromatic carbocycles. The summed E-state index contributed by atoms with van der Waals surface area (Å²) in [5.74, 6) is -0.346. The Balaban J connectivity index is 1.46. The van der Waals surface area contributed by atoms with E-state index < -0.39 is 25.1 Å². The first kappa shape index (κ1) is 25.2. The molecule has 0 aromatic heterocycles. The second-order valence-corrected chi connectivity index (χ2v) is 13.4. The number of anilines is 1. The lowest BCUT2D eigenvalue weighted by atomic mass is 9.89. The van der Waals surface area contributed by atoms with Crippen molar-refractivity contribution in [3.8, 4) is 6.07 Å². The summed E-state index contributed by atoms with van der Waals surface area (Å²) in [4.78, 5) is 15.0. The molecule has 2 aliphatic heterocycles. The summed E-state index contributed by atoms with van der Waals surface area (Å²) in [6.07, 6.45) is 2.25. The minimum Gasteiger partial charge on any atom is -0.339 e. The molecule has 2 aromatic rings. The molecule has 1 N–H and O–H groups in total. The zero-order valence-electron chi connectivity index (χ0n) is 19.6. The van der Waals surface area contributed by atoms with E-state index in [1.54, 1.807) is 23.1 Å². The number of likely N-dealkylation sites (tertiary alicyclic amines) is 1. The molecule has 0 bridgehead atoms. The lowest BCUT2D eigenvalue weighted by Crippen LogP contribution is -2.38. The molecule has 35 heavy (non-hydrogen) atoms. The van der Waals surface area contributed by atoms with Crippen LogP contribution in [0.5, 0.6) is 0 Å². The highest BCUT2D eigenvalue weighted by Gasteiger charge is 2.37. The number of nitrogens with one attached hydrogen (secondary N) is 1. The van der Waals surface area contributed by atoms with Gasteiger partial charge in [0.25, 0.3) is 5.91 Å². The van der Waals surface area contributed by atoms with E-state index in [-0.39, 0.29) is 23.8 Å². The predicted molar refractivity (Wildman–Crippen MR) is 134 cm³/mol. The molecular weight excluding hydrogens is 486 g/mol. The molecular formula is C25H29N3O5S2. The number of piperidine rings is 1. The quantitative estimate of drug-likeness (QED) is 0.630. The van der Waals surface area contributed by atoms with E-state index in [4.69, 9.17) is 5.26 Å². The summed E-state index contributed by atoms with van der Waals surface area (Å²) < 4.78 is 51.8. The van der Waals surface area contributed by atoms with Crippen LogP contribution in [0, 0.1) is 11.3 Å². The van der Waals surface area contributed by atoms with Crippen LogP contribution >= 0.6 is 0 Å². The largest absolute Gasteiger partial charge is 0.339 e.